The van der Waals surface area contributed by atoms with Gasteiger partial charge in [-0.25, -0.2) is 0 Å². The van der Waals surface area contributed by atoms with E-state index in [9.17, 15) is 21.6 Å². The van der Waals surface area contributed by atoms with Crippen LogP contribution in [0, 0.1) is 0 Å². The largest absolute Gasteiger partial charge is 0.386 e. The lowest BCUT2D eigenvalue weighted by Crippen LogP contribution is -1.96. The van der Waals surface area contributed by atoms with Crippen LogP contribution in [-0.4, -0.2) is 19.1 Å². The highest BCUT2D eigenvalue weighted by molar-refractivity contribution is 7.85. The van der Waals surface area contributed by atoms with E-state index >= 15 is 0 Å². The summed E-state index contributed by atoms with van der Waals surface area (Å²) >= 11 is 0. The summed E-state index contributed by atoms with van der Waals surface area (Å²) in [6.45, 7) is 4.19. The third-order valence-corrected chi connectivity index (χ3v) is 1.91. The molecular weight excluding hydrogens is 257 g/mol. The van der Waals surface area contributed by atoms with E-state index in [0.717, 1.165) is 0 Å². The van der Waals surface area contributed by atoms with Crippen LogP contribution in [0.5, 0.6) is 0 Å². The maximum Gasteiger partial charge on any atom is 0.386 e. The highest BCUT2D eigenvalue weighted by Gasteiger charge is 2.15. The molecule has 3 nitrogen and oxygen atoms in total. The Labute approximate surface area is 99.0 Å². The van der Waals surface area contributed by atoms with Gasteiger partial charge in [0.15, 0.2) is 0 Å². The minimum absolute atomic E-state index is 0.0741. The van der Waals surface area contributed by atoms with Crippen LogP contribution in [-0.2, 0) is 10.1 Å². The molecule has 1 aromatic carbocycles. The third kappa shape index (κ3) is 14.9. The molecule has 1 rings (SSSR count). The average Bonchev–Trinajstić information content (AvgIpc) is 2.18. The summed E-state index contributed by atoms with van der Waals surface area (Å²) in [6, 6.07) is 7.42. The van der Waals surface area contributed by atoms with Gasteiger partial charge in [-0.3, -0.25) is 4.55 Å². The second kappa shape index (κ2) is 8.08. The molecule has 1 aromatic rings. The van der Waals surface area contributed by atoms with E-state index in [2.05, 4.69) is 0 Å². The molecule has 17 heavy (non-hydrogen) atoms. The average molecular weight is 272 g/mol. The number of rotatable bonds is 1. The second-order valence-corrected chi connectivity index (χ2v) is 3.99. The van der Waals surface area contributed by atoms with Gasteiger partial charge in [0.05, 0.1) is 4.90 Å². The SMILES string of the molecule is CC.CC(F)(F)F.O=S(=O)(O)c1ccccc1. The quantitative estimate of drug-likeness (QED) is 0.796. The van der Waals surface area contributed by atoms with E-state index < -0.39 is 16.3 Å². The summed E-state index contributed by atoms with van der Waals surface area (Å²) in [5.74, 6) is 0. The molecule has 0 bridgehead atoms. The molecule has 0 aliphatic carbocycles. The highest BCUT2D eigenvalue weighted by atomic mass is 32.2. The summed E-state index contributed by atoms with van der Waals surface area (Å²) in [6.07, 6.45) is -4.00. The van der Waals surface area contributed by atoms with Gasteiger partial charge in [0.25, 0.3) is 10.1 Å². The Kier molecular flexibility index (Phi) is 8.69. The number of hydrogen-bond acceptors (Lipinski definition) is 2. The first kappa shape index (κ1) is 18.3. The highest BCUT2D eigenvalue weighted by Crippen LogP contribution is 2.10. The molecule has 0 atom stereocenters. The van der Waals surface area contributed by atoms with Gasteiger partial charge in [-0.05, 0) is 12.1 Å². The van der Waals surface area contributed by atoms with Crippen LogP contribution in [0.2, 0.25) is 0 Å². The Morgan fingerprint density at radius 1 is 1.06 bits per heavy atom. The Hall–Kier alpha value is -1.08. The van der Waals surface area contributed by atoms with Crippen molar-refractivity contribution in [1.82, 2.24) is 0 Å². The summed E-state index contributed by atoms with van der Waals surface area (Å²) in [7, 11) is -4.00. The molecular formula is C10H15F3O3S. The molecule has 0 radical (unpaired) electrons. The van der Waals surface area contributed by atoms with Gasteiger partial charge < -0.3 is 0 Å². The Morgan fingerprint density at radius 2 is 1.35 bits per heavy atom. The summed E-state index contributed by atoms with van der Waals surface area (Å²) in [5.41, 5.74) is 0. The molecule has 0 unspecified atom stereocenters. The lowest BCUT2D eigenvalue weighted by atomic mass is 10.4. The van der Waals surface area contributed by atoms with Crippen LogP contribution in [0.15, 0.2) is 35.2 Å². The van der Waals surface area contributed by atoms with Crippen molar-refractivity contribution in [3.8, 4) is 0 Å². The van der Waals surface area contributed by atoms with Crippen LogP contribution in [0.25, 0.3) is 0 Å². The van der Waals surface area contributed by atoms with Gasteiger partial charge >= 0.3 is 6.18 Å². The number of halogens is 3. The van der Waals surface area contributed by atoms with E-state index in [1.165, 1.54) is 12.1 Å². The van der Waals surface area contributed by atoms with Gasteiger partial charge in [-0.1, -0.05) is 32.0 Å². The molecule has 0 fully saturated rings. The van der Waals surface area contributed by atoms with Crippen molar-refractivity contribution >= 4 is 10.1 Å². The first-order valence-electron chi connectivity index (χ1n) is 4.70. The van der Waals surface area contributed by atoms with Gasteiger partial charge in [0, 0.05) is 6.92 Å². The molecule has 0 amide bonds. The molecule has 0 heterocycles. The maximum atomic E-state index is 10.4. The Morgan fingerprint density at radius 3 is 1.53 bits per heavy atom. The predicted molar refractivity (Wildman–Crippen MR) is 59.3 cm³/mol. The first-order chi connectivity index (χ1) is 7.61. The van der Waals surface area contributed by atoms with Crippen molar-refractivity contribution in [2.24, 2.45) is 0 Å². The number of alkyl halides is 3. The Bertz CT molecular complexity index is 379. The molecule has 0 saturated heterocycles. The molecule has 0 spiro atoms. The second-order valence-electron chi connectivity index (χ2n) is 2.57. The standard InChI is InChI=1S/C6H6O3S.C2H3F3.C2H6/c7-10(8,9)6-4-2-1-3-5-6;1-2(3,4)5;1-2/h1-5H,(H,7,8,9);1H3;1-2H3. The number of hydrogen-bond donors (Lipinski definition) is 1. The van der Waals surface area contributed by atoms with E-state index in [-0.39, 0.29) is 11.8 Å². The van der Waals surface area contributed by atoms with Crippen LogP contribution in [0.1, 0.15) is 20.8 Å². The Balaban J connectivity index is 0. The van der Waals surface area contributed by atoms with E-state index in [0.29, 0.717) is 0 Å². The monoisotopic (exact) mass is 272 g/mol. The van der Waals surface area contributed by atoms with E-state index in [4.69, 9.17) is 4.55 Å². The van der Waals surface area contributed by atoms with Crippen molar-refractivity contribution in [3.63, 3.8) is 0 Å². The summed E-state index contributed by atoms with van der Waals surface area (Å²) in [5, 5.41) is 0. The number of benzene rings is 1. The van der Waals surface area contributed by atoms with Gasteiger partial charge in [-0.15, -0.1) is 0 Å². The smallest absolute Gasteiger partial charge is 0.282 e. The lowest BCUT2D eigenvalue weighted by Gasteiger charge is -1.92. The molecule has 1 N–H and O–H groups in total. The van der Waals surface area contributed by atoms with Crippen LogP contribution < -0.4 is 0 Å². The first-order valence-corrected chi connectivity index (χ1v) is 6.14. The summed E-state index contributed by atoms with van der Waals surface area (Å²) in [4.78, 5) is -0.0741. The van der Waals surface area contributed by atoms with Crippen molar-refractivity contribution in [2.75, 3.05) is 0 Å². The fourth-order valence-corrected chi connectivity index (χ4v) is 1.09. The van der Waals surface area contributed by atoms with Crippen molar-refractivity contribution in [1.29, 1.82) is 0 Å². The normalized spacial score (nSPS) is 10.5. The van der Waals surface area contributed by atoms with Gasteiger partial charge in [0.2, 0.25) is 0 Å². The minimum Gasteiger partial charge on any atom is -0.282 e. The lowest BCUT2D eigenvalue weighted by molar-refractivity contribution is -0.110. The van der Waals surface area contributed by atoms with Crippen molar-refractivity contribution in [3.05, 3.63) is 30.3 Å². The summed E-state index contributed by atoms with van der Waals surface area (Å²) < 4.78 is 60.3. The maximum absolute atomic E-state index is 10.4. The van der Waals surface area contributed by atoms with Crippen LogP contribution in [0.4, 0.5) is 13.2 Å². The van der Waals surface area contributed by atoms with Gasteiger partial charge in [0.1, 0.15) is 0 Å². The molecule has 0 aromatic heterocycles. The molecule has 0 aliphatic rings. The zero-order valence-electron chi connectivity index (χ0n) is 9.69. The third-order valence-electron chi connectivity index (χ3n) is 1.04. The van der Waals surface area contributed by atoms with E-state index in [1.807, 2.05) is 13.8 Å². The zero-order chi connectivity index (χ0) is 14.1. The van der Waals surface area contributed by atoms with Crippen molar-refractivity contribution < 1.29 is 26.1 Å². The molecule has 100 valence electrons. The topological polar surface area (TPSA) is 54.4 Å². The van der Waals surface area contributed by atoms with E-state index in [1.54, 1.807) is 18.2 Å². The van der Waals surface area contributed by atoms with Crippen molar-refractivity contribution in [2.45, 2.75) is 31.8 Å². The predicted octanol–water partition coefficient (Wildman–Crippen LogP) is 3.53. The fourth-order valence-electron chi connectivity index (χ4n) is 0.592. The zero-order valence-corrected chi connectivity index (χ0v) is 10.5. The molecule has 0 saturated carbocycles. The molecule has 0 aliphatic heterocycles. The molecule has 7 heteroatoms. The fraction of sp³-hybridized carbons (Fsp3) is 0.400. The van der Waals surface area contributed by atoms with Crippen LogP contribution in [0.3, 0.4) is 0 Å². The van der Waals surface area contributed by atoms with Gasteiger partial charge in [-0.2, -0.15) is 21.6 Å². The minimum atomic E-state index is -4.00. The van der Waals surface area contributed by atoms with Crippen LogP contribution >= 0.6 is 0 Å².